The molecular weight excluding hydrogens is 284 g/mol. The second-order valence-electron chi connectivity index (χ2n) is 5.26. The van der Waals surface area contributed by atoms with Crippen molar-refractivity contribution >= 4 is 23.6 Å². The summed E-state index contributed by atoms with van der Waals surface area (Å²) in [5.41, 5.74) is 2.85. The molecule has 1 aliphatic rings. The maximum Gasteiger partial charge on any atom is 0.242 e. The summed E-state index contributed by atoms with van der Waals surface area (Å²) < 4.78 is 0. The van der Waals surface area contributed by atoms with E-state index in [9.17, 15) is 9.59 Å². The molecule has 0 saturated heterocycles. The third-order valence-electron chi connectivity index (χ3n) is 3.56. The first-order chi connectivity index (χ1) is 10.1. The first kappa shape index (κ1) is 15.9. The van der Waals surface area contributed by atoms with Crippen LogP contribution in [0.25, 0.3) is 0 Å². The number of rotatable bonds is 6. The third-order valence-corrected chi connectivity index (χ3v) is 4.56. The molecule has 5 heteroatoms. The van der Waals surface area contributed by atoms with Crippen molar-refractivity contribution in [1.29, 1.82) is 0 Å². The fourth-order valence-electron chi connectivity index (χ4n) is 2.46. The number of nitrogens with one attached hydrogen (secondary N) is 2. The number of benzene rings is 1. The molecular formula is C16H22N2O2S. The maximum atomic E-state index is 11.9. The van der Waals surface area contributed by atoms with E-state index in [1.54, 1.807) is 6.92 Å². The summed E-state index contributed by atoms with van der Waals surface area (Å²) in [5.74, 6) is 0.0790. The lowest BCUT2D eigenvalue weighted by atomic mass is 10.1. The van der Waals surface area contributed by atoms with Crippen LogP contribution in [0.1, 0.15) is 31.4 Å². The molecule has 21 heavy (non-hydrogen) atoms. The van der Waals surface area contributed by atoms with Crippen LogP contribution in [0.3, 0.4) is 0 Å². The van der Waals surface area contributed by atoms with Gasteiger partial charge < -0.3 is 10.6 Å². The number of hydrogen-bond acceptors (Lipinski definition) is 3. The molecule has 0 spiro atoms. The largest absolute Gasteiger partial charge is 0.355 e. The molecule has 0 heterocycles. The molecule has 114 valence electrons. The van der Waals surface area contributed by atoms with E-state index < -0.39 is 6.04 Å². The van der Waals surface area contributed by atoms with Gasteiger partial charge in [0.2, 0.25) is 11.8 Å². The van der Waals surface area contributed by atoms with Crippen LogP contribution < -0.4 is 10.6 Å². The SMILES string of the molecule is CCNC(=O)[C@H](C)NC(=O)CSc1ccc2c(c1)CCC2. The van der Waals surface area contributed by atoms with E-state index in [1.807, 2.05) is 6.92 Å². The Bertz CT molecular complexity index is 531. The highest BCUT2D eigenvalue weighted by Crippen LogP contribution is 2.27. The summed E-state index contributed by atoms with van der Waals surface area (Å²) in [6.07, 6.45) is 3.54. The molecule has 0 bridgehead atoms. The van der Waals surface area contributed by atoms with Crippen LogP contribution in [0.2, 0.25) is 0 Å². The molecule has 0 unspecified atom stereocenters. The second kappa shape index (κ2) is 7.50. The summed E-state index contributed by atoms with van der Waals surface area (Å²) in [7, 11) is 0. The summed E-state index contributed by atoms with van der Waals surface area (Å²) in [4.78, 5) is 24.5. The monoisotopic (exact) mass is 306 g/mol. The van der Waals surface area contributed by atoms with Crippen molar-refractivity contribution in [1.82, 2.24) is 10.6 Å². The predicted octanol–water partition coefficient (Wildman–Crippen LogP) is 1.91. The fraction of sp³-hybridized carbons (Fsp3) is 0.500. The van der Waals surface area contributed by atoms with Gasteiger partial charge >= 0.3 is 0 Å². The fourth-order valence-corrected chi connectivity index (χ4v) is 3.23. The Labute approximate surface area is 130 Å². The molecule has 4 nitrogen and oxygen atoms in total. The Hall–Kier alpha value is -1.49. The van der Waals surface area contributed by atoms with Gasteiger partial charge in [0.15, 0.2) is 0 Å². The number of hydrogen-bond donors (Lipinski definition) is 2. The van der Waals surface area contributed by atoms with Gasteiger partial charge in [-0.05, 0) is 56.4 Å². The number of likely N-dealkylation sites (N-methyl/N-ethyl adjacent to an activating group) is 1. The molecule has 2 amide bonds. The molecule has 1 atom stereocenters. The van der Waals surface area contributed by atoms with Gasteiger partial charge in [-0.25, -0.2) is 0 Å². The van der Waals surface area contributed by atoms with Crippen LogP contribution in [-0.2, 0) is 22.4 Å². The Balaban J connectivity index is 1.80. The van der Waals surface area contributed by atoms with Crippen LogP contribution in [-0.4, -0.2) is 30.2 Å². The van der Waals surface area contributed by atoms with E-state index in [-0.39, 0.29) is 11.8 Å². The van der Waals surface area contributed by atoms with Crippen molar-refractivity contribution in [2.24, 2.45) is 0 Å². The van der Waals surface area contributed by atoms with Crippen molar-refractivity contribution in [3.05, 3.63) is 29.3 Å². The topological polar surface area (TPSA) is 58.2 Å². The van der Waals surface area contributed by atoms with Crippen LogP contribution in [0.4, 0.5) is 0 Å². The van der Waals surface area contributed by atoms with E-state index in [4.69, 9.17) is 0 Å². The van der Waals surface area contributed by atoms with Gasteiger partial charge in [0.1, 0.15) is 6.04 Å². The zero-order valence-corrected chi connectivity index (χ0v) is 13.4. The van der Waals surface area contributed by atoms with Crippen LogP contribution in [0, 0.1) is 0 Å². The zero-order chi connectivity index (χ0) is 15.2. The molecule has 0 aromatic heterocycles. The molecule has 0 saturated carbocycles. The molecule has 0 fully saturated rings. The molecule has 1 aromatic rings. The number of aryl methyl sites for hydroxylation is 2. The van der Waals surface area contributed by atoms with Crippen molar-refractivity contribution in [2.75, 3.05) is 12.3 Å². The van der Waals surface area contributed by atoms with Gasteiger partial charge in [-0.15, -0.1) is 11.8 Å². The number of thioether (sulfide) groups is 1. The molecule has 2 N–H and O–H groups in total. The van der Waals surface area contributed by atoms with Gasteiger partial charge in [0, 0.05) is 11.4 Å². The second-order valence-corrected chi connectivity index (χ2v) is 6.31. The predicted molar refractivity (Wildman–Crippen MR) is 85.5 cm³/mol. The van der Waals surface area contributed by atoms with E-state index in [0.717, 1.165) is 11.3 Å². The van der Waals surface area contributed by atoms with Gasteiger partial charge in [0.05, 0.1) is 5.75 Å². The average molecular weight is 306 g/mol. The highest BCUT2D eigenvalue weighted by atomic mass is 32.2. The standard InChI is InChI=1S/C16H22N2O2S/c1-3-17-16(20)11(2)18-15(19)10-21-14-8-7-12-5-4-6-13(12)9-14/h7-9,11H,3-6,10H2,1-2H3,(H,17,20)(H,18,19)/t11-/m0/s1. The summed E-state index contributed by atoms with van der Waals surface area (Å²) in [6, 6.07) is 5.95. The highest BCUT2D eigenvalue weighted by molar-refractivity contribution is 8.00. The minimum absolute atomic E-state index is 0.112. The van der Waals surface area contributed by atoms with Gasteiger partial charge in [-0.1, -0.05) is 6.07 Å². The van der Waals surface area contributed by atoms with Gasteiger partial charge in [-0.3, -0.25) is 9.59 Å². The number of carbonyl (C=O) groups is 2. The lowest BCUT2D eigenvalue weighted by Crippen LogP contribution is -2.45. The Morgan fingerprint density at radius 1 is 1.29 bits per heavy atom. The van der Waals surface area contributed by atoms with Crippen molar-refractivity contribution in [3.8, 4) is 0 Å². The van der Waals surface area contributed by atoms with Crippen LogP contribution in [0.15, 0.2) is 23.1 Å². The normalized spacial score (nSPS) is 14.4. The first-order valence-electron chi connectivity index (χ1n) is 7.42. The van der Waals surface area contributed by atoms with E-state index in [2.05, 4.69) is 28.8 Å². The number of fused-ring (bicyclic) bond motifs is 1. The third kappa shape index (κ3) is 4.49. The van der Waals surface area contributed by atoms with Gasteiger partial charge in [0.25, 0.3) is 0 Å². The molecule has 0 radical (unpaired) electrons. The zero-order valence-electron chi connectivity index (χ0n) is 12.6. The lowest BCUT2D eigenvalue weighted by Gasteiger charge is -2.13. The maximum absolute atomic E-state index is 11.9. The first-order valence-corrected chi connectivity index (χ1v) is 8.40. The van der Waals surface area contributed by atoms with Crippen molar-refractivity contribution < 1.29 is 9.59 Å². The molecule has 1 aromatic carbocycles. The summed E-state index contributed by atoms with van der Waals surface area (Å²) >= 11 is 1.52. The van der Waals surface area contributed by atoms with Crippen molar-refractivity contribution in [2.45, 2.75) is 44.0 Å². The molecule has 2 rings (SSSR count). The summed E-state index contributed by atoms with van der Waals surface area (Å²) in [6.45, 7) is 4.13. The van der Waals surface area contributed by atoms with Crippen LogP contribution >= 0.6 is 11.8 Å². The van der Waals surface area contributed by atoms with Crippen molar-refractivity contribution in [3.63, 3.8) is 0 Å². The van der Waals surface area contributed by atoms with E-state index in [0.29, 0.717) is 12.3 Å². The van der Waals surface area contributed by atoms with E-state index in [1.165, 1.54) is 35.7 Å². The molecule has 1 aliphatic carbocycles. The van der Waals surface area contributed by atoms with Gasteiger partial charge in [-0.2, -0.15) is 0 Å². The number of carbonyl (C=O) groups excluding carboxylic acids is 2. The lowest BCUT2D eigenvalue weighted by molar-refractivity contribution is -0.127. The highest BCUT2D eigenvalue weighted by Gasteiger charge is 2.15. The smallest absolute Gasteiger partial charge is 0.242 e. The van der Waals surface area contributed by atoms with Crippen LogP contribution in [0.5, 0.6) is 0 Å². The van der Waals surface area contributed by atoms with E-state index >= 15 is 0 Å². The molecule has 0 aliphatic heterocycles. The Kier molecular flexibility index (Phi) is 5.67. The summed E-state index contributed by atoms with van der Waals surface area (Å²) in [5, 5.41) is 5.41. The Morgan fingerprint density at radius 3 is 2.81 bits per heavy atom. The minimum Gasteiger partial charge on any atom is -0.355 e. The number of amides is 2. The minimum atomic E-state index is -0.488. The average Bonchev–Trinajstić information content (AvgIpc) is 2.92. The quantitative estimate of drug-likeness (QED) is 0.789. The Morgan fingerprint density at radius 2 is 2.05 bits per heavy atom.